The van der Waals surface area contributed by atoms with E-state index in [1.54, 1.807) is 25.6 Å². The van der Waals surface area contributed by atoms with Crippen molar-refractivity contribution in [1.29, 1.82) is 0 Å². The summed E-state index contributed by atoms with van der Waals surface area (Å²) in [4.78, 5) is 21.9. The highest BCUT2D eigenvalue weighted by Crippen LogP contribution is 2.28. The Morgan fingerprint density at radius 1 is 1.03 bits per heavy atom. The molecule has 1 amide bonds. The van der Waals surface area contributed by atoms with Gasteiger partial charge in [-0.3, -0.25) is 9.69 Å². The molecule has 176 valence electrons. The number of halogens is 2. The number of ether oxygens (including phenoxy) is 2. The normalized spacial score (nSPS) is 14.0. The highest BCUT2D eigenvalue weighted by Gasteiger charge is 2.22. The first kappa shape index (κ1) is 25.3. The average Bonchev–Trinajstić information content (AvgIpc) is 3.28. The van der Waals surface area contributed by atoms with Crippen LogP contribution < -0.4 is 9.47 Å². The third-order valence-electron chi connectivity index (χ3n) is 5.58. The van der Waals surface area contributed by atoms with Crippen LogP contribution in [0.4, 0.5) is 0 Å². The molecule has 0 atom stereocenters. The highest BCUT2D eigenvalue weighted by atomic mass is 35.5. The Hall–Kier alpha value is -2.32. The maximum atomic E-state index is 12.8. The molecule has 2 aromatic carbocycles. The van der Waals surface area contributed by atoms with Gasteiger partial charge in [-0.2, -0.15) is 0 Å². The molecule has 0 radical (unpaired) electrons. The van der Waals surface area contributed by atoms with Crippen molar-refractivity contribution < 1.29 is 14.3 Å². The lowest BCUT2D eigenvalue weighted by Gasteiger charge is -2.34. The molecule has 1 aliphatic heterocycles. The van der Waals surface area contributed by atoms with Gasteiger partial charge in [0.1, 0.15) is 5.01 Å². The second-order valence-corrected chi connectivity index (χ2v) is 9.04. The molecule has 9 heteroatoms. The Bertz CT molecular complexity index is 1070. The topological polar surface area (TPSA) is 54.9 Å². The summed E-state index contributed by atoms with van der Waals surface area (Å²) in [6.45, 7) is 3.93. The number of nitrogens with zero attached hydrogens (tertiary/aromatic N) is 3. The Balaban J connectivity index is 0.00000306. The largest absolute Gasteiger partial charge is 0.493 e. The van der Waals surface area contributed by atoms with Gasteiger partial charge >= 0.3 is 0 Å². The summed E-state index contributed by atoms with van der Waals surface area (Å²) in [7, 11) is 3.20. The molecular weight excluding hydrogens is 481 g/mol. The van der Waals surface area contributed by atoms with E-state index in [9.17, 15) is 4.79 Å². The molecule has 0 aliphatic carbocycles. The number of piperazine rings is 1. The van der Waals surface area contributed by atoms with Crippen LogP contribution in [0.2, 0.25) is 5.02 Å². The second kappa shape index (κ2) is 11.7. The molecule has 0 bridgehead atoms. The van der Waals surface area contributed by atoms with Crippen LogP contribution in [-0.2, 0) is 17.8 Å². The number of amides is 1. The van der Waals surface area contributed by atoms with E-state index < -0.39 is 0 Å². The molecule has 0 N–H and O–H groups in total. The van der Waals surface area contributed by atoms with Gasteiger partial charge in [0, 0.05) is 42.1 Å². The van der Waals surface area contributed by atoms with Gasteiger partial charge in [0.25, 0.3) is 0 Å². The van der Waals surface area contributed by atoms with E-state index in [1.165, 1.54) is 0 Å². The number of benzene rings is 2. The Kier molecular flexibility index (Phi) is 8.97. The van der Waals surface area contributed by atoms with Gasteiger partial charge in [-0.05, 0) is 29.8 Å². The lowest BCUT2D eigenvalue weighted by molar-refractivity contribution is -0.132. The van der Waals surface area contributed by atoms with E-state index in [4.69, 9.17) is 26.1 Å². The van der Waals surface area contributed by atoms with Crippen LogP contribution in [0.15, 0.2) is 47.8 Å². The number of carbonyl (C=O) groups is 1. The zero-order chi connectivity index (χ0) is 22.5. The van der Waals surface area contributed by atoms with Gasteiger partial charge in [0.05, 0.1) is 32.9 Å². The predicted octanol–water partition coefficient (Wildman–Crippen LogP) is 4.79. The van der Waals surface area contributed by atoms with E-state index in [0.29, 0.717) is 17.9 Å². The van der Waals surface area contributed by atoms with E-state index in [2.05, 4.69) is 10.3 Å². The fourth-order valence-electron chi connectivity index (χ4n) is 3.76. The number of hydrogen-bond donors (Lipinski definition) is 0. The van der Waals surface area contributed by atoms with Crippen molar-refractivity contribution in [2.24, 2.45) is 0 Å². The smallest absolute Gasteiger partial charge is 0.227 e. The lowest BCUT2D eigenvalue weighted by atomic mass is 10.1. The Morgan fingerprint density at radius 2 is 1.73 bits per heavy atom. The van der Waals surface area contributed by atoms with E-state index >= 15 is 0 Å². The third kappa shape index (κ3) is 6.38. The standard InChI is InChI=1S/C24H26ClN3O3S.ClH/c1-30-21-8-3-17(13-22(21)31-2)14-24(29)28-11-9-27(10-12-28)15-23-26-20(16-32-23)18-4-6-19(25)7-5-18;/h3-8,13,16H,9-12,14-15H2,1-2H3;1H. The molecule has 1 fully saturated rings. The summed E-state index contributed by atoms with van der Waals surface area (Å²) >= 11 is 7.64. The Labute approximate surface area is 209 Å². The summed E-state index contributed by atoms with van der Waals surface area (Å²) in [5.74, 6) is 1.44. The van der Waals surface area contributed by atoms with E-state index in [-0.39, 0.29) is 18.3 Å². The van der Waals surface area contributed by atoms with Gasteiger partial charge in [-0.15, -0.1) is 23.7 Å². The zero-order valence-electron chi connectivity index (χ0n) is 18.6. The lowest BCUT2D eigenvalue weighted by Crippen LogP contribution is -2.48. The highest BCUT2D eigenvalue weighted by molar-refractivity contribution is 7.09. The maximum Gasteiger partial charge on any atom is 0.227 e. The van der Waals surface area contributed by atoms with Crippen molar-refractivity contribution in [1.82, 2.24) is 14.8 Å². The van der Waals surface area contributed by atoms with Crippen LogP contribution in [0.3, 0.4) is 0 Å². The van der Waals surface area contributed by atoms with Crippen LogP contribution in [0.5, 0.6) is 11.5 Å². The van der Waals surface area contributed by atoms with E-state index in [0.717, 1.165) is 59.6 Å². The molecule has 0 saturated carbocycles. The predicted molar refractivity (Wildman–Crippen MR) is 135 cm³/mol. The molecular formula is C24H27Cl2N3O3S. The SMILES string of the molecule is COc1ccc(CC(=O)N2CCN(Cc3nc(-c4ccc(Cl)cc4)cs3)CC2)cc1OC.Cl. The van der Waals surface area contributed by atoms with Crippen molar-refractivity contribution in [2.75, 3.05) is 40.4 Å². The minimum atomic E-state index is 0. The number of methoxy groups -OCH3 is 2. The second-order valence-electron chi connectivity index (χ2n) is 7.66. The van der Waals surface area contributed by atoms with Gasteiger partial charge in [0.15, 0.2) is 11.5 Å². The maximum absolute atomic E-state index is 12.8. The molecule has 2 heterocycles. The van der Waals surface area contributed by atoms with Crippen molar-refractivity contribution in [3.63, 3.8) is 0 Å². The molecule has 33 heavy (non-hydrogen) atoms. The Morgan fingerprint density at radius 3 is 2.39 bits per heavy atom. The summed E-state index contributed by atoms with van der Waals surface area (Å²) in [5, 5.41) is 3.89. The summed E-state index contributed by atoms with van der Waals surface area (Å²) in [5.41, 5.74) is 2.97. The molecule has 6 nitrogen and oxygen atoms in total. The molecule has 3 aromatic rings. The van der Waals surface area contributed by atoms with Crippen LogP contribution >= 0.6 is 35.3 Å². The number of thiazole rings is 1. The summed E-state index contributed by atoms with van der Waals surface area (Å²) in [6.07, 6.45) is 0.358. The molecule has 4 rings (SSSR count). The van der Waals surface area contributed by atoms with Crippen molar-refractivity contribution >= 4 is 41.3 Å². The quantitative estimate of drug-likeness (QED) is 0.460. The summed E-state index contributed by atoms with van der Waals surface area (Å²) < 4.78 is 10.6. The molecule has 1 aromatic heterocycles. The fourth-order valence-corrected chi connectivity index (χ4v) is 4.73. The number of aromatic nitrogens is 1. The zero-order valence-corrected chi connectivity index (χ0v) is 21.0. The van der Waals surface area contributed by atoms with E-state index in [1.807, 2.05) is 47.4 Å². The van der Waals surface area contributed by atoms with Gasteiger partial charge in [0.2, 0.25) is 5.91 Å². The molecule has 0 spiro atoms. The number of rotatable bonds is 7. The minimum Gasteiger partial charge on any atom is -0.493 e. The van der Waals surface area contributed by atoms with Gasteiger partial charge in [-0.1, -0.05) is 29.8 Å². The molecule has 1 aliphatic rings. The number of carbonyl (C=O) groups excluding carboxylic acids is 1. The molecule has 1 saturated heterocycles. The van der Waals surface area contributed by atoms with Crippen molar-refractivity contribution in [2.45, 2.75) is 13.0 Å². The average molecular weight is 508 g/mol. The van der Waals surface area contributed by atoms with Crippen LogP contribution in [0.1, 0.15) is 10.6 Å². The monoisotopic (exact) mass is 507 g/mol. The fraction of sp³-hybridized carbons (Fsp3) is 0.333. The summed E-state index contributed by atoms with van der Waals surface area (Å²) in [6, 6.07) is 13.4. The van der Waals surface area contributed by atoms with Crippen LogP contribution in [-0.4, -0.2) is 61.1 Å². The van der Waals surface area contributed by atoms with Gasteiger partial charge in [-0.25, -0.2) is 4.98 Å². The first-order valence-corrected chi connectivity index (χ1v) is 11.7. The number of hydrogen-bond acceptors (Lipinski definition) is 6. The first-order valence-electron chi connectivity index (χ1n) is 10.5. The molecule has 0 unspecified atom stereocenters. The van der Waals surface area contributed by atoms with Gasteiger partial charge < -0.3 is 14.4 Å². The third-order valence-corrected chi connectivity index (χ3v) is 6.66. The van der Waals surface area contributed by atoms with Crippen molar-refractivity contribution in [3.8, 4) is 22.8 Å². The van der Waals surface area contributed by atoms with Crippen LogP contribution in [0, 0.1) is 0 Å². The first-order chi connectivity index (χ1) is 15.6. The van der Waals surface area contributed by atoms with Crippen LogP contribution in [0.25, 0.3) is 11.3 Å². The minimum absolute atomic E-state index is 0. The van der Waals surface area contributed by atoms with Crippen molar-refractivity contribution in [3.05, 3.63) is 63.4 Å².